The summed E-state index contributed by atoms with van der Waals surface area (Å²) in [6, 6.07) is 6.50. The van der Waals surface area contributed by atoms with Crippen molar-refractivity contribution in [2.75, 3.05) is 19.7 Å². The Morgan fingerprint density at radius 3 is 2.64 bits per heavy atom. The van der Waals surface area contributed by atoms with Gasteiger partial charge >= 0.3 is 0 Å². The van der Waals surface area contributed by atoms with E-state index in [0.29, 0.717) is 6.61 Å². The standard InChI is InChI=1S/C11H14FNO/c1-11(8-13-6-7-14-11)9-2-4-10(12)5-3-9/h2-5,13H,6-8H2,1H3/t11-/m1/s1. The van der Waals surface area contributed by atoms with Crippen LogP contribution in [-0.2, 0) is 10.3 Å². The Morgan fingerprint density at radius 2 is 2.07 bits per heavy atom. The topological polar surface area (TPSA) is 21.3 Å². The first-order chi connectivity index (χ1) is 6.71. The minimum atomic E-state index is -0.314. The van der Waals surface area contributed by atoms with Crippen LogP contribution in [0.3, 0.4) is 0 Å². The molecule has 1 heterocycles. The third-order valence-corrected chi connectivity index (χ3v) is 2.62. The molecule has 0 saturated carbocycles. The highest BCUT2D eigenvalue weighted by Crippen LogP contribution is 2.26. The lowest BCUT2D eigenvalue weighted by Crippen LogP contribution is -2.45. The number of ether oxygens (including phenoxy) is 1. The van der Waals surface area contributed by atoms with Gasteiger partial charge in [-0.3, -0.25) is 0 Å². The fraction of sp³-hybridized carbons (Fsp3) is 0.455. The maximum atomic E-state index is 12.7. The van der Waals surface area contributed by atoms with E-state index in [1.807, 2.05) is 6.92 Å². The average Bonchev–Trinajstić information content (AvgIpc) is 2.19. The highest BCUT2D eigenvalue weighted by Gasteiger charge is 2.29. The van der Waals surface area contributed by atoms with Gasteiger partial charge in [0.05, 0.1) is 6.61 Å². The predicted molar refractivity (Wildman–Crippen MR) is 52.6 cm³/mol. The molecule has 0 radical (unpaired) electrons. The van der Waals surface area contributed by atoms with E-state index < -0.39 is 0 Å². The summed E-state index contributed by atoms with van der Waals surface area (Å²) in [5.41, 5.74) is 0.706. The molecular weight excluding hydrogens is 181 g/mol. The summed E-state index contributed by atoms with van der Waals surface area (Å²) in [6.45, 7) is 4.38. The molecule has 14 heavy (non-hydrogen) atoms. The first-order valence-electron chi connectivity index (χ1n) is 4.81. The zero-order valence-corrected chi connectivity index (χ0v) is 8.22. The van der Waals surface area contributed by atoms with Crippen molar-refractivity contribution in [2.45, 2.75) is 12.5 Å². The SMILES string of the molecule is C[C@]1(c2ccc(F)cc2)CNCCO1. The van der Waals surface area contributed by atoms with Crippen LogP contribution < -0.4 is 5.32 Å². The van der Waals surface area contributed by atoms with Crippen molar-refractivity contribution < 1.29 is 9.13 Å². The Bertz CT molecular complexity index is 304. The van der Waals surface area contributed by atoms with Crippen molar-refractivity contribution in [3.63, 3.8) is 0 Å². The summed E-state index contributed by atoms with van der Waals surface area (Å²) in [6.07, 6.45) is 0. The minimum absolute atomic E-state index is 0.207. The van der Waals surface area contributed by atoms with Crippen molar-refractivity contribution in [3.05, 3.63) is 35.6 Å². The van der Waals surface area contributed by atoms with E-state index in [9.17, 15) is 4.39 Å². The summed E-state index contributed by atoms with van der Waals surface area (Å²) in [7, 11) is 0. The minimum Gasteiger partial charge on any atom is -0.368 e. The number of morpholine rings is 1. The molecule has 1 aliphatic heterocycles. The number of hydrogen-bond donors (Lipinski definition) is 1. The Labute approximate surface area is 83.1 Å². The van der Waals surface area contributed by atoms with Crippen LogP contribution in [0.5, 0.6) is 0 Å². The lowest BCUT2D eigenvalue weighted by Gasteiger charge is -2.34. The van der Waals surface area contributed by atoms with Gasteiger partial charge in [-0.05, 0) is 24.6 Å². The molecule has 1 saturated heterocycles. The molecule has 76 valence electrons. The van der Waals surface area contributed by atoms with E-state index in [-0.39, 0.29) is 11.4 Å². The van der Waals surface area contributed by atoms with Gasteiger partial charge in [0.25, 0.3) is 0 Å². The highest BCUT2D eigenvalue weighted by atomic mass is 19.1. The quantitative estimate of drug-likeness (QED) is 0.735. The molecule has 1 atom stereocenters. The van der Waals surface area contributed by atoms with Crippen LogP contribution in [0.4, 0.5) is 4.39 Å². The van der Waals surface area contributed by atoms with E-state index in [1.165, 1.54) is 12.1 Å². The van der Waals surface area contributed by atoms with E-state index in [4.69, 9.17) is 4.74 Å². The van der Waals surface area contributed by atoms with Gasteiger partial charge < -0.3 is 10.1 Å². The van der Waals surface area contributed by atoms with Crippen molar-refractivity contribution in [1.29, 1.82) is 0 Å². The van der Waals surface area contributed by atoms with E-state index >= 15 is 0 Å². The molecule has 0 amide bonds. The Balaban J connectivity index is 2.23. The molecule has 0 aliphatic carbocycles. The van der Waals surface area contributed by atoms with Crippen molar-refractivity contribution in [1.82, 2.24) is 5.32 Å². The number of hydrogen-bond acceptors (Lipinski definition) is 2. The maximum Gasteiger partial charge on any atom is 0.123 e. The Morgan fingerprint density at radius 1 is 1.36 bits per heavy atom. The molecule has 0 unspecified atom stereocenters. The molecule has 0 spiro atoms. The number of halogens is 1. The Kier molecular flexibility index (Phi) is 2.52. The van der Waals surface area contributed by atoms with Crippen molar-refractivity contribution >= 4 is 0 Å². The predicted octanol–water partition coefficient (Wildman–Crippen LogP) is 1.66. The third-order valence-electron chi connectivity index (χ3n) is 2.62. The molecule has 2 nitrogen and oxygen atoms in total. The average molecular weight is 195 g/mol. The van der Waals surface area contributed by atoms with Gasteiger partial charge in [-0.2, -0.15) is 0 Å². The van der Waals surface area contributed by atoms with Gasteiger partial charge in [0.1, 0.15) is 11.4 Å². The fourth-order valence-electron chi connectivity index (χ4n) is 1.71. The molecule has 3 heteroatoms. The zero-order valence-electron chi connectivity index (χ0n) is 8.22. The molecule has 0 bridgehead atoms. The normalized spacial score (nSPS) is 27.6. The van der Waals surface area contributed by atoms with Crippen LogP contribution in [0.2, 0.25) is 0 Å². The first kappa shape index (κ1) is 9.62. The van der Waals surface area contributed by atoms with Gasteiger partial charge in [-0.15, -0.1) is 0 Å². The lowest BCUT2D eigenvalue weighted by molar-refractivity contribution is -0.0572. The summed E-state index contributed by atoms with van der Waals surface area (Å²) < 4.78 is 18.4. The number of benzene rings is 1. The van der Waals surface area contributed by atoms with Gasteiger partial charge in [0.2, 0.25) is 0 Å². The molecule has 1 aliphatic rings. The van der Waals surface area contributed by atoms with Gasteiger partial charge in [0.15, 0.2) is 0 Å². The fourth-order valence-corrected chi connectivity index (χ4v) is 1.71. The lowest BCUT2D eigenvalue weighted by atomic mass is 9.95. The third kappa shape index (κ3) is 1.79. The molecular formula is C11H14FNO. The summed E-state index contributed by atoms with van der Waals surface area (Å²) in [5.74, 6) is -0.207. The van der Waals surface area contributed by atoms with E-state index in [2.05, 4.69) is 5.32 Å². The number of nitrogens with one attached hydrogen (secondary N) is 1. The monoisotopic (exact) mass is 195 g/mol. The summed E-state index contributed by atoms with van der Waals surface area (Å²) >= 11 is 0. The van der Waals surface area contributed by atoms with Crippen molar-refractivity contribution in [3.8, 4) is 0 Å². The summed E-state index contributed by atoms with van der Waals surface area (Å²) in [5, 5.41) is 3.27. The molecule has 1 aromatic carbocycles. The second-order valence-electron chi connectivity index (χ2n) is 3.76. The van der Waals surface area contributed by atoms with Crippen LogP contribution in [0, 0.1) is 5.82 Å². The first-order valence-corrected chi connectivity index (χ1v) is 4.81. The molecule has 1 N–H and O–H groups in total. The zero-order chi connectivity index (χ0) is 10.0. The highest BCUT2D eigenvalue weighted by molar-refractivity contribution is 5.23. The molecule has 2 rings (SSSR count). The second kappa shape index (κ2) is 3.67. The molecule has 1 fully saturated rings. The van der Waals surface area contributed by atoms with Crippen molar-refractivity contribution in [2.24, 2.45) is 0 Å². The van der Waals surface area contributed by atoms with Crippen LogP contribution >= 0.6 is 0 Å². The Hall–Kier alpha value is -0.930. The van der Waals surface area contributed by atoms with E-state index in [1.54, 1.807) is 12.1 Å². The van der Waals surface area contributed by atoms with E-state index in [0.717, 1.165) is 18.7 Å². The summed E-state index contributed by atoms with van der Waals surface area (Å²) in [4.78, 5) is 0. The second-order valence-corrected chi connectivity index (χ2v) is 3.76. The van der Waals surface area contributed by atoms with Gasteiger partial charge in [0, 0.05) is 13.1 Å². The van der Waals surface area contributed by atoms with Gasteiger partial charge in [-0.25, -0.2) is 4.39 Å². The maximum absolute atomic E-state index is 12.7. The molecule has 0 aromatic heterocycles. The van der Waals surface area contributed by atoms with Gasteiger partial charge in [-0.1, -0.05) is 12.1 Å². The largest absolute Gasteiger partial charge is 0.368 e. The number of rotatable bonds is 1. The van der Waals surface area contributed by atoms with Crippen LogP contribution in [0.1, 0.15) is 12.5 Å². The van der Waals surface area contributed by atoms with Crippen LogP contribution in [0.25, 0.3) is 0 Å². The smallest absolute Gasteiger partial charge is 0.123 e. The van der Waals surface area contributed by atoms with Crippen LogP contribution in [-0.4, -0.2) is 19.7 Å². The molecule has 1 aromatic rings. The van der Waals surface area contributed by atoms with Crippen LogP contribution in [0.15, 0.2) is 24.3 Å².